The SMILES string of the molecule is Cc1nn(C[C@@H](O)COCc2ccc(Cl)cc2)c(=O)c2ccccc12. The Hall–Kier alpha value is -2.21. The molecule has 1 heterocycles. The molecule has 130 valence electrons. The lowest BCUT2D eigenvalue weighted by Gasteiger charge is -2.14. The maximum absolute atomic E-state index is 12.5. The first-order valence-electron chi connectivity index (χ1n) is 8.01. The summed E-state index contributed by atoms with van der Waals surface area (Å²) in [4.78, 5) is 12.5. The number of aliphatic hydroxyl groups is 1. The maximum Gasteiger partial charge on any atom is 0.274 e. The molecule has 0 bridgehead atoms. The molecule has 0 amide bonds. The van der Waals surface area contributed by atoms with Gasteiger partial charge in [0, 0.05) is 10.4 Å². The molecular formula is C19H19ClN2O3. The molecular weight excluding hydrogens is 340 g/mol. The Morgan fingerprint density at radius 3 is 2.56 bits per heavy atom. The van der Waals surface area contributed by atoms with Gasteiger partial charge in [-0.15, -0.1) is 0 Å². The molecule has 1 N–H and O–H groups in total. The third-order valence-corrected chi connectivity index (χ3v) is 4.18. The largest absolute Gasteiger partial charge is 0.389 e. The summed E-state index contributed by atoms with van der Waals surface area (Å²) in [7, 11) is 0. The van der Waals surface area contributed by atoms with E-state index in [0.717, 1.165) is 16.6 Å². The number of benzene rings is 2. The van der Waals surface area contributed by atoms with Crippen LogP contribution >= 0.6 is 11.6 Å². The molecule has 3 aromatic rings. The smallest absolute Gasteiger partial charge is 0.274 e. The van der Waals surface area contributed by atoms with Crippen molar-refractivity contribution in [2.45, 2.75) is 26.2 Å². The highest BCUT2D eigenvalue weighted by atomic mass is 35.5. The molecule has 0 fully saturated rings. The number of ether oxygens (including phenoxy) is 1. The van der Waals surface area contributed by atoms with Gasteiger partial charge in [-0.25, -0.2) is 4.68 Å². The van der Waals surface area contributed by atoms with Crippen molar-refractivity contribution in [1.29, 1.82) is 0 Å². The zero-order valence-corrected chi connectivity index (χ0v) is 14.6. The van der Waals surface area contributed by atoms with Gasteiger partial charge in [0.1, 0.15) is 0 Å². The number of rotatable bonds is 6. The van der Waals surface area contributed by atoms with Gasteiger partial charge in [-0.1, -0.05) is 41.9 Å². The number of aryl methyl sites for hydroxylation is 1. The highest BCUT2D eigenvalue weighted by Gasteiger charge is 2.12. The lowest BCUT2D eigenvalue weighted by atomic mass is 10.1. The van der Waals surface area contributed by atoms with Gasteiger partial charge >= 0.3 is 0 Å². The van der Waals surface area contributed by atoms with Crippen LogP contribution in [0.1, 0.15) is 11.3 Å². The number of hydrogen-bond acceptors (Lipinski definition) is 4. The van der Waals surface area contributed by atoms with E-state index in [4.69, 9.17) is 16.3 Å². The fourth-order valence-corrected chi connectivity index (χ4v) is 2.80. The second kappa shape index (κ2) is 7.78. The molecule has 0 aliphatic carbocycles. The van der Waals surface area contributed by atoms with Crippen molar-refractivity contribution >= 4 is 22.4 Å². The van der Waals surface area contributed by atoms with Crippen molar-refractivity contribution in [2.24, 2.45) is 0 Å². The van der Waals surface area contributed by atoms with Crippen LogP contribution in [0.25, 0.3) is 10.8 Å². The van der Waals surface area contributed by atoms with E-state index in [0.29, 0.717) is 17.0 Å². The Labute approximate surface area is 150 Å². The molecule has 0 aliphatic rings. The normalized spacial score (nSPS) is 12.4. The monoisotopic (exact) mass is 358 g/mol. The zero-order chi connectivity index (χ0) is 17.8. The first-order chi connectivity index (χ1) is 12.0. The van der Waals surface area contributed by atoms with Crippen molar-refractivity contribution in [2.75, 3.05) is 6.61 Å². The Balaban J connectivity index is 1.64. The molecule has 0 radical (unpaired) electrons. The minimum Gasteiger partial charge on any atom is -0.389 e. The van der Waals surface area contributed by atoms with Gasteiger partial charge in [-0.3, -0.25) is 4.79 Å². The highest BCUT2D eigenvalue weighted by Crippen LogP contribution is 2.12. The van der Waals surface area contributed by atoms with Gasteiger partial charge in [-0.05, 0) is 30.7 Å². The predicted molar refractivity (Wildman–Crippen MR) is 97.9 cm³/mol. The van der Waals surface area contributed by atoms with Crippen LogP contribution in [-0.4, -0.2) is 27.6 Å². The first kappa shape index (κ1) is 17.6. The van der Waals surface area contributed by atoms with Crippen molar-refractivity contribution in [3.8, 4) is 0 Å². The molecule has 0 aliphatic heterocycles. The van der Waals surface area contributed by atoms with Crippen LogP contribution < -0.4 is 5.56 Å². The van der Waals surface area contributed by atoms with Crippen molar-refractivity contribution in [3.05, 3.63) is 75.2 Å². The van der Waals surface area contributed by atoms with E-state index in [2.05, 4.69) is 5.10 Å². The number of aromatic nitrogens is 2. The average molecular weight is 359 g/mol. The van der Waals surface area contributed by atoms with E-state index < -0.39 is 6.10 Å². The maximum atomic E-state index is 12.5. The highest BCUT2D eigenvalue weighted by molar-refractivity contribution is 6.30. The Morgan fingerprint density at radius 2 is 1.84 bits per heavy atom. The number of fused-ring (bicyclic) bond motifs is 1. The molecule has 1 aromatic heterocycles. The molecule has 6 heteroatoms. The summed E-state index contributed by atoms with van der Waals surface area (Å²) < 4.78 is 6.81. The standard InChI is InChI=1S/C19H19ClN2O3/c1-13-17-4-2-3-5-18(17)19(24)22(21-13)10-16(23)12-25-11-14-6-8-15(20)9-7-14/h2-9,16,23H,10-12H2,1H3/t16-/m1/s1. The van der Waals surface area contributed by atoms with E-state index in [1.54, 1.807) is 18.2 Å². The fraction of sp³-hybridized carbons (Fsp3) is 0.263. The van der Waals surface area contributed by atoms with Crippen LogP contribution in [0, 0.1) is 6.92 Å². The number of hydrogen-bond donors (Lipinski definition) is 1. The molecule has 3 rings (SSSR count). The van der Waals surface area contributed by atoms with Gasteiger partial charge in [0.05, 0.1) is 36.9 Å². The average Bonchev–Trinajstić information content (AvgIpc) is 2.61. The van der Waals surface area contributed by atoms with E-state index >= 15 is 0 Å². The van der Waals surface area contributed by atoms with Crippen LogP contribution in [0.2, 0.25) is 5.02 Å². The van der Waals surface area contributed by atoms with Gasteiger partial charge in [0.15, 0.2) is 0 Å². The summed E-state index contributed by atoms with van der Waals surface area (Å²) in [6.07, 6.45) is -0.821. The summed E-state index contributed by atoms with van der Waals surface area (Å²) in [5, 5.41) is 16.6. The Kier molecular flexibility index (Phi) is 5.48. The molecule has 0 spiro atoms. The molecule has 0 unspecified atom stereocenters. The van der Waals surface area contributed by atoms with Gasteiger partial charge in [0.2, 0.25) is 0 Å². The third-order valence-electron chi connectivity index (χ3n) is 3.93. The van der Waals surface area contributed by atoms with E-state index in [9.17, 15) is 9.90 Å². The number of aliphatic hydroxyl groups excluding tert-OH is 1. The molecule has 1 atom stereocenters. The van der Waals surface area contributed by atoms with Crippen LogP contribution in [0.4, 0.5) is 0 Å². The third kappa shape index (κ3) is 4.25. The van der Waals surface area contributed by atoms with Gasteiger partial charge in [-0.2, -0.15) is 5.10 Å². The minimum atomic E-state index is -0.821. The second-order valence-electron chi connectivity index (χ2n) is 5.91. The fourth-order valence-electron chi connectivity index (χ4n) is 2.67. The predicted octanol–water partition coefficient (Wildman–Crippen LogP) is 2.94. The van der Waals surface area contributed by atoms with Crippen LogP contribution in [0.15, 0.2) is 53.3 Å². The van der Waals surface area contributed by atoms with Crippen LogP contribution in [0.3, 0.4) is 0 Å². The summed E-state index contributed by atoms with van der Waals surface area (Å²) >= 11 is 5.84. The second-order valence-corrected chi connectivity index (χ2v) is 6.35. The Morgan fingerprint density at radius 1 is 1.16 bits per heavy atom. The quantitative estimate of drug-likeness (QED) is 0.735. The van der Waals surface area contributed by atoms with Crippen LogP contribution in [0.5, 0.6) is 0 Å². The van der Waals surface area contributed by atoms with Crippen molar-refractivity contribution < 1.29 is 9.84 Å². The molecule has 5 nitrogen and oxygen atoms in total. The minimum absolute atomic E-state index is 0.0884. The Bertz CT molecular complexity index is 922. The molecule has 0 saturated heterocycles. The summed E-state index contributed by atoms with van der Waals surface area (Å²) in [6.45, 7) is 2.42. The van der Waals surface area contributed by atoms with Crippen LogP contribution in [-0.2, 0) is 17.9 Å². The summed E-state index contributed by atoms with van der Waals surface area (Å²) in [6, 6.07) is 14.7. The van der Waals surface area contributed by atoms with E-state index in [-0.39, 0.29) is 18.7 Å². The molecule has 25 heavy (non-hydrogen) atoms. The lowest BCUT2D eigenvalue weighted by molar-refractivity contribution is 0.0180. The lowest BCUT2D eigenvalue weighted by Crippen LogP contribution is -2.31. The van der Waals surface area contributed by atoms with Crippen molar-refractivity contribution in [3.63, 3.8) is 0 Å². The van der Waals surface area contributed by atoms with Gasteiger partial charge in [0.25, 0.3) is 5.56 Å². The van der Waals surface area contributed by atoms with E-state index in [1.807, 2.05) is 37.3 Å². The first-order valence-corrected chi connectivity index (χ1v) is 8.39. The van der Waals surface area contributed by atoms with Gasteiger partial charge < -0.3 is 9.84 Å². The molecule has 0 saturated carbocycles. The van der Waals surface area contributed by atoms with E-state index in [1.165, 1.54) is 4.68 Å². The summed E-state index contributed by atoms with van der Waals surface area (Å²) in [5.74, 6) is 0. The molecule has 2 aromatic carbocycles. The zero-order valence-electron chi connectivity index (χ0n) is 13.9. The van der Waals surface area contributed by atoms with Crippen molar-refractivity contribution in [1.82, 2.24) is 9.78 Å². The number of nitrogens with zero attached hydrogens (tertiary/aromatic N) is 2. The number of halogens is 1. The topological polar surface area (TPSA) is 64.3 Å². The summed E-state index contributed by atoms with van der Waals surface area (Å²) in [5.41, 5.74) is 1.51.